The second kappa shape index (κ2) is 6.83. The summed E-state index contributed by atoms with van der Waals surface area (Å²) in [6.45, 7) is 2.51. The molecule has 1 atom stereocenters. The standard InChI is InChI=1S/C17H21ClN2O/c1-12-4-5-13(10-16(12)18)17(11-19)20(2)14-6-8-15(21-3)9-7-14/h4-10,17H,11,19H2,1-3H3. The third-order valence-corrected chi connectivity index (χ3v) is 4.16. The molecule has 0 radical (unpaired) electrons. The lowest BCUT2D eigenvalue weighted by Crippen LogP contribution is -2.30. The highest BCUT2D eigenvalue weighted by molar-refractivity contribution is 6.31. The number of hydrogen-bond donors (Lipinski definition) is 1. The van der Waals surface area contributed by atoms with Gasteiger partial charge in [-0.1, -0.05) is 23.7 Å². The molecule has 4 heteroatoms. The zero-order valence-electron chi connectivity index (χ0n) is 12.6. The fourth-order valence-electron chi connectivity index (χ4n) is 2.33. The summed E-state index contributed by atoms with van der Waals surface area (Å²) in [5.41, 5.74) is 9.25. The molecule has 1 unspecified atom stereocenters. The Kier molecular flexibility index (Phi) is 5.10. The molecular formula is C17H21ClN2O. The van der Waals surface area contributed by atoms with Crippen LogP contribution in [0.4, 0.5) is 5.69 Å². The Labute approximate surface area is 131 Å². The molecule has 0 spiro atoms. The van der Waals surface area contributed by atoms with E-state index in [-0.39, 0.29) is 6.04 Å². The molecule has 2 aromatic rings. The SMILES string of the molecule is COc1ccc(N(C)C(CN)c2ccc(C)c(Cl)c2)cc1. The minimum atomic E-state index is 0.0801. The second-order valence-corrected chi connectivity index (χ2v) is 5.48. The van der Waals surface area contributed by atoms with Gasteiger partial charge in [0.05, 0.1) is 13.2 Å². The van der Waals surface area contributed by atoms with Gasteiger partial charge in [-0.15, -0.1) is 0 Å². The highest BCUT2D eigenvalue weighted by atomic mass is 35.5. The number of nitrogens with zero attached hydrogens (tertiary/aromatic N) is 1. The topological polar surface area (TPSA) is 38.5 Å². The lowest BCUT2D eigenvalue weighted by atomic mass is 10.0. The Balaban J connectivity index is 2.28. The third-order valence-electron chi connectivity index (χ3n) is 3.75. The van der Waals surface area contributed by atoms with Crippen LogP contribution in [0.1, 0.15) is 17.2 Å². The summed E-state index contributed by atoms with van der Waals surface area (Å²) in [4.78, 5) is 2.15. The van der Waals surface area contributed by atoms with Gasteiger partial charge >= 0.3 is 0 Å². The molecule has 21 heavy (non-hydrogen) atoms. The van der Waals surface area contributed by atoms with Gasteiger partial charge < -0.3 is 15.4 Å². The Bertz CT molecular complexity index is 598. The number of halogens is 1. The van der Waals surface area contributed by atoms with Gasteiger partial charge in [-0.3, -0.25) is 0 Å². The van der Waals surface area contributed by atoms with Crippen molar-refractivity contribution < 1.29 is 4.74 Å². The largest absolute Gasteiger partial charge is 0.497 e. The summed E-state index contributed by atoms with van der Waals surface area (Å²) in [5.74, 6) is 0.842. The van der Waals surface area contributed by atoms with Crippen molar-refractivity contribution in [1.82, 2.24) is 0 Å². The Morgan fingerprint density at radius 1 is 1.19 bits per heavy atom. The lowest BCUT2D eigenvalue weighted by molar-refractivity contribution is 0.415. The fourth-order valence-corrected chi connectivity index (χ4v) is 2.52. The van der Waals surface area contributed by atoms with Crippen LogP contribution in [0.15, 0.2) is 42.5 Å². The van der Waals surface area contributed by atoms with Crippen molar-refractivity contribution in [3.8, 4) is 5.75 Å². The van der Waals surface area contributed by atoms with Crippen molar-refractivity contribution in [3.05, 3.63) is 58.6 Å². The Hall–Kier alpha value is -1.71. The lowest BCUT2D eigenvalue weighted by Gasteiger charge is -2.30. The molecule has 2 N–H and O–H groups in total. The van der Waals surface area contributed by atoms with Crippen molar-refractivity contribution in [2.75, 3.05) is 25.6 Å². The van der Waals surface area contributed by atoms with Crippen LogP contribution in [0.5, 0.6) is 5.75 Å². The summed E-state index contributed by atoms with van der Waals surface area (Å²) >= 11 is 6.23. The van der Waals surface area contributed by atoms with E-state index in [0.29, 0.717) is 6.54 Å². The summed E-state index contributed by atoms with van der Waals surface area (Å²) in [6, 6.07) is 14.1. The van der Waals surface area contributed by atoms with Crippen LogP contribution in [0.3, 0.4) is 0 Å². The highest BCUT2D eigenvalue weighted by Gasteiger charge is 2.17. The molecule has 0 amide bonds. The van der Waals surface area contributed by atoms with Crippen molar-refractivity contribution in [2.24, 2.45) is 5.73 Å². The number of nitrogens with two attached hydrogens (primary N) is 1. The first-order valence-electron chi connectivity index (χ1n) is 6.89. The zero-order valence-corrected chi connectivity index (χ0v) is 13.4. The molecule has 0 saturated carbocycles. The fraction of sp³-hybridized carbons (Fsp3) is 0.294. The first kappa shape index (κ1) is 15.7. The third kappa shape index (κ3) is 3.49. The van der Waals surface area contributed by atoms with E-state index in [2.05, 4.69) is 11.0 Å². The highest BCUT2D eigenvalue weighted by Crippen LogP contribution is 2.28. The zero-order chi connectivity index (χ0) is 15.4. The quantitative estimate of drug-likeness (QED) is 0.913. The minimum absolute atomic E-state index is 0.0801. The van der Waals surface area contributed by atoms with Crippen molar-refractivity contribution in [2.45, 2.75) is 13.0 Å². The van der Waals surface area contributed by atoms with Crippen molar-refractivity contribution in [3.63, 3.8) is 0 Å². The molecule has 0 bridgehead atoms. The molecule has 2 aromatic carbocycles. The summed E-state index contributed by atoms with van der Waals surface area (Å²) in [7, 11) is 3.70. The normalized spacial score (nSPS) is 12.0. The number of anilines is 1. The monoisotopic (exact) mass is 304 g/mol. The van der Waals surface area contributed by atoms with E-state index in [1.54, 1.807) is 7.11 Å². The molecule has 0 saturated heterocycles. The predicted molar refractivity (Wildman–Crippen MR) is 89.4 cm³/mol. The van der Waals surface area contributed by atoms with Crippen molar-refractivity contribution in [1.29, 1.82) is 0 Å². The molecule has 0 aliphatic rings. The van der Waals surface area contributed by atoms with Crippen LogP contribution in [0.2, 0.25) is 5.02 Å². The van der Waals surface area contributed by atoms with E-state index < -0.39 is 0 Å². The van der Waals surface area contributed by atoms with E-state index in [0.717, 1.165) is 27.6 Å². The van der Waals surface area contributed by atoms with E-state index >= 15 is 0 Å². The Morgan fingerprint density at radius 3 is 2.38 bits per heavy atom. The first-order valence-corrected chi connectivity index (χ1v) is 7.27. The average Bonchev–Trinajstić information content (AvgIpc) is 2.51. The summed E-state index contributed by atoms with van der Waals surface area (Å²) < 4.78 is 5.19. The molecular weight excluding hydrogens is 284 g/mol. The van der Waals surface area contributed by atoms with Crippen LogP contribution in [0, 0.1) is 6.92 Å². The maximum atomic E-state index is 6.23. The number of likely N-dealkylation sites (N-methyl/N-ethyl adjacent to an activating group) is 1. The molecule has 0 aromatic heterocycles. The van der Waals surface area contributed by atoms with E-state index in [4.69, 9.17) is 22.1 Å². The van der Waals surface area contributed by atoms with Crippen molar-refractivity contribution >= 4 is 17.3 Å². The minimum Gasteiger partial charge on any atom is -0.497 e. The van der Waals surface area contributed by atoms with Gasteiger partial charge in [0.25, 0.3) is 0 Å². The van der Waals surface area contributed by atoms with Gasteiger partial charge in [0.15, 0.2) is 0 Å². The number of hydrogen-bond acceptors (Lipinski definition) is 3. The number of benzene rings is 2. The number of aryl methyl sites for hydroxylation is 1. The summed E-state index contributed by atoms with van der Waals surface area (Å²) in [6.07, 6.45) is 0. The van der Waals surface area contributed by atoms with Crippen LogP contribution in [0.25, 0.3) is 0 Å². The van der Waals surface area contributed by atoms with Crippen LogP contribution < -0.4 is 15.4 Å². The van der Waals surface area contributed by atoms with Gasteiger partial charge in [-0.2, -0.15) is 0 Å². The van der Waals surface area contributed by atoms with Crippen LogP contribution in [-0.4, -0.2) is 20.7 Å². The number of ether oxygens (including phenoxy) is 1. The van der Waals surface area contributed by atoms with Gasteiger partial charge in [0, 0.05) is 24.3 Å². The number of methoxy groups -OCH3 is 1. The smallest absolute Gasteiger partial charge is 0.119 e. The van der Waals surface area contributed by atoms with E-state index in [9.17, 15) is 0 Å². The molecule has 112 valence electrons. The molecule has 0 aliphatic carbocycles. The first-order chi connectivity index (χ1) is 10.1. The molecule has 0 fully saturated rings. The maximum absolute atomic E-state index is 6.23. The predicted octanol–water partition coefficient (Wildman–Crippen LogP) is 3.79. The van der Waals surface area contributed by atoms with E-state index in [1.807, 2.05) is 50.4 Å². The number of rotatable bonds is 5. The second-order valence-electron chi connectivity index (χ2n) is 5.07. The van der Waals surface area contributed by atoms with Gasteiger partial charge in [0.2, 0.25) is 0 Å². The van der Waals surface area contributed by atoms with Crippen LogP contribution in [-0.2, 0) is 0 Å². The van der Waals surface area contributed by atoms with Gasteiger partial charge in [-0.25, -0.2) is 0 Å². The van der Waals surface area contributed by atoms with Gasteiger partial charge in [-0.05, 0) is 48.4 Å². The molecule has 0 aliphatic heterocycles. The summed E-state index contributed by atoms with van der Waals surface area (Å²) in [5, 5.41) is 0.772. The maximum Gasteiger partial charge on any atom is 0.119 e. The average molecular weight is 305 g/mol. The van der Waals surface area contributed by atoms with Gasteiger partial charge in [0.1, 0.15) is 5.75 Å². The Morgan fingerprint density at radius 2 is 1.86 bits per heavy atom. The van der Waals surface area contributed by atoms with E-state index in [1.165, 1.54) is 0 Å². The molecule has 3 nitrogen and oxygen atoms in total. The molecule has 2 rings (SSSR count). The molecule has 0 heterocycles. The van der Waals surface area contributed by atoms with Crippen LogP contribution >= 0.6 is 11.6 Å².